The highest BCUT2D eigenvalue weighted by atomic mass is 32.1. The Labute approximate surface area is 103 Å². The Bertz CT molecular complexity index is 554. The molecule has 0 amide bonds. The third kappa shape index (κ3) is 2.28. The molecule has 0 atom stereocenters. The van der Waals surface area contributed by atoms with Crippen molar-refractivity contribution >= 4 is 11.3 Å². The van der Waals surface area contributed by atoms with Crippen LogP contribution in [0.15, 0.2) is 16.8 Å². The first-order valence-corrected chi connectivity index (χ1v) is 5.59. The van der Waals surface area contributed by atoms with E-state index in [4.69, 9.17) is 0 Å². The maximum Gasteiger partial charge on any atom is 0.426 e. The zero-order valence-electron chi connectivity index (χ0n) is 8.95. The second-order valence-corrected chi connectivity index (χ2v) is 4.01. The van der Waals surface area contributed by atoms with Crippen LogP contribution in [0.5, 0.6) is 5.88 Å². The lowest BCUT2D eigenvalue weighted by Gasteiger charge is -2.12. The summed E-state index contributed by atoms with van der Waals surface area (Å²) in [6.07, 6.45) is -4.90. The molecular weight excluding hydrogens is 272 g/mol. The molecule has 8 heteroatoms. The smallest absolute Gasteiger partial charge is 0.426 e. The molecule has 0 unspecified atom stereocenters. The molecule has 0 aliphatic rings. The van der Waals surface area contributed by atoms with Gasteiger partial charge in [0.25, 0.3) is 0 Å². The monoisotopic (exact) mass is 278 g/mol. The van der Waals surface area contributed by atoms with E-state index in [2.05, 4.69) is 14.7 Å². The summed E-state index contributed by atoms with van der Waals surface area (Å²) in [7, 11) is 0.994. The van der Waals surface area contributed by atoms with E-state index in [0.29, 0.717) is 5.56 Å². The minimum atomic E-state index is -4.90. The number of methoxy groups -OCH3 is 1. The Balaban J connectivity index is 2.61. The van der Waals surface area contributed by atoms with Crippen LogP contribution >= 0.6 is 11.3 Å². The molecule has 0 radical (unpaired) electrons. The quantitative estimate of drug-likeness (QED) is 0.624. The van der Waals surface area contributed by atoms with Gasteiger partial charge in [0.05, 0.1) is 7.11 Å². The highest BCUT2D eigenvalue weighted by Crippen LogP contribution is 2.37. The molecule has 2 heterocycles. The number of nitrogens with zero attached hydrogens (tertiary/aromatic N) is 2. The molecule has 0 aliphatic carbocycles. The summed E-state index contributed by atoms with van der Waals surface area (Å²) in [5, 5.41) is 3.28. The third-order valence-electron chi connectivity index (χ3n) is 2.09. The van der Waals surface area contributed by atoms with Gasteiger partial charge in [-0.1, -0.05) is 0 Å². The average molecular weight is 278 g/mol. The summed E-state index contributed by atoms with van der Waals surface area (Å²) < 4.78 is 55.6. The Morgan fingerprint density at radius 3 is 2.50 bits per heavy atom. The van der Waals surface area contributed by atoms with Gasteiger partial charge in [0.15, 0.2) is 11.4 Å². The predicted molar refractivity (Wildman–Crippen MR) is 56.9 cm³/mol. The van der Waals surface area contributed by atoms with E-state index in [1.807, 2.05) is 0 Å². The number of ether oxygens (including phenoxy) is 1. The van der Waals surface area contributed by atoms with Gasteiger partial charge < -0.3 is 4.74 Å². The van der Waals surface area contributed by atoms with Gasteiger partial charge in [-0.05, 0) is 11.4 Å². The van der Waals surface area contributed by atoms with Crippen molar-refractivity contribution in [3.8, 4) is 17.3 Å². The number of alkyl halides is 3. The van der Waals surface area contributed by atoms with Gasteiger partial charge in [-0.25, -0.2) is 0 Å². The SMILES string of the molecule is COc1nc(-c2ccsc2)nc(F)c1C(F)(F)F. The van der Waals surface area contributed by atoms with E-state index in [0.717, 1.165) is 7.11 Å². The maximum atomic E-state index is 13.4. The van der Waals surface area contributed by atoms with Crippen LogP contribution in [-0.4, -0.2) is 17.1 Å². The largest absolute Gasteiger partial charge is 0.480 e. The molecule has 0 saturated carbocycles. The van der Waals surface area contributed by atoms with Crippen LogP contribution in [0.25, 0.3) is 11.4 Å². The van der Waals surface area contributed by atoms with Crippen molar-refractivity contribution in [1.29, 1.82) is 0 Å². The van der Waals surface area contributed by atoms with Gasteiger partial charge in [0, 0.05) is 10.9 Å². The Kier molecular flexibility index (Phi) is 3.20. The summed E-state index contributed by atoms with van der Waals surface area (Å²) >= 11 is 1.30. The van der Waals surface area contributed by atoms with Crippen LogP contribution in [0.1, 0.15) is 5.56 Å². The second-order valence-electron chi connectivity index (χ2n) is 3.23. The molecule has 0 aliphatic heterocycles. The van der Waals surface area contributed by atoms with Crippen LogP contribution in [0.3, 0.4) is 0 Å². The van der Waals surface area contributed by atoms with Crippen LogP contribution in [0, 0.1) is 5.95 Å². The Morgan fingerprint density at radius 2 is 2.00 bits per heavy atom. The molecule has 0 aromatic carbocycles. The number of aromatic nitrogens is 2. The second kappa shape index (κ2) is 4.52. The zero-order valence-corrected chi connectivity index (χ0v) is 9.77. The molecule has 96 valence electrons. The van der Waals surface area contributed by atoms with Crippen molar-refractivity contribution in [3.05, 3.63) is 28.3 Å². The topological polar surface area (TPSA) is 35.0 Å². The van der Waals surface area contributed by atoms with Gasteiger partial charge in [-0.3, -0.25) is 0 Å². The summed E-state index contributed by atoms with van der Waals surface area (Å²) in [6.45, 7) is 0. The first kappa shape index (κ1) is 12.7. The Hall–Kier alpha value is -1.70. The van der Waals surface area contributed by atoms with Gasteiger partial charge in [-0.2, -0.15) is 38.9 Å². The first-order valence-electron chi connectivity index (χ1n) is 4.64. The van der Waals surface area contributed by atoms with E-state index in [-0.39, 0.29) is 5.82 Å². The molecule has 0 saturated heterocycles. The number of thiophene rings is 1. The van der Waals surface area contributed by atoms with E-state index >= 15 is 0 Å². The molecule has 0 N–H and O–H groups in total. The maximum absolute atomic E-state index is 13.4. The van der Waals surface area contributed by atoms with Crippen molar-refractivity contribution in [3.63, 3.8) is 0 Å². The molecule has 0 spiro atoms. The van der Waals surface area contributed by atoms with Gasteiger partial charge >= 0.3 is 6.18 Å². The van der Waals surface area contributed by atoms with Crippen molar-refractivity contribution in [1.82, 2.24) is 9.97 Å². The fourth-order valence-electron chi connectivity index (χ4n) is 1.32. The van der Waals surface area contributed by atoms with Gasteiger partial charge in [0.2, 0.25) is 11.8 Å². The van der Waals surface area contributed by atoms with E-state index < -0.39 is 23.6 Å². The van der Waals surface area contributed by atoms with Crippen LogP contribution in [-0.2, 0) is 6.18 Å². The standard InChI is InChI=1S/C10H6F4N2OS/c1-17-9-6(10(12,13)14)7(11)15-8(16-9)5-2-3-18-4-5/h2-4H,1H3. The Morgan fingerprint density at radius 1 is 1.28 bits per heavy atom. The van der Waals surface area contributed by atoms with Crippen LogP contribution in [0.2, 0.25) is 0 Å². The third-order valence-corrected chi connectivity index (χ3v) is 2.77. The van der Waals surface area contributed by atoms with E-state index in [1.165, 1.54) is 11.3 Å². The first-order chi connectivity index (χ1) is 8.43. The van der Waals surface area contributed by atoms with Crippen molar-refractivity contribution in [2.75, 3.05) is 7.11 Å². The lowest BCUT2D eigenvalue weighted by atomic mass is 10.2. The molecule has 0 bridgehead atoms. The molecule has 2 aromatic rings. The number of hydrogen-bond donors (Lipinski definition) is 0. The highest BCUT2D eigenvalue weighted by Gasteiger charge is 2.40. The van der Waals surface area contributed by atoms with Crippen LogP contribution < -0.4 is 4.74 Å². The summed E-state index contributed by atoms with van der Waals surface area (Å²) in [6, 6.07) is 1.58. The van der Waals surface area contributed by atoms with Gasteiger partial charge in [-0.15, -0.1) is 0 Å². The average Bonchev–Trinajstić information content (AvgIpc) is 2.79. The zero-order chi connectivity index (χ0) is 13.3. The molecule has 18 heavy (non-hydrogen) atoms. The molecule has 0 fully saturated rings. The van der Waals surface area contributed by atoms with Crippen LogP contribution in [0.4, 0.5) is 17.6 Å². The summed E-state index contributed by atoms with van der Waals surface area (Å²) in [5.74, 6) is -2.61. The fraction of sp³-hybridized carbons (Fsp3) is 0.200. The predicted octanol–water partition coefficient (Wildman–Crippen LogP) is 3.37. The number of halogens is 4. The minimum Gasteiger partial charge on any atom is -0.480 e. The summed E-state index contributed by atoms with van der Waals surface area (Å²) in [5.41, 5.74) is -1.16. The molecular formula is C10H6F4N2OS. The summed E-state index contributed by atoms with van der Waals surface area (Å²) in [4.78, 5) is 6.79. The number of hydrogen-bond acceptors (Lipinski definition) is 4. The lowest BCUT2D eigenvalue weighted by molar-refractivity contribution is -0.142. The van der Waals surface area contributed by atoms with E-state index in [1.54, 1.807) is 16.8 Å². The molecule has 2 aromatic heterocycles. The van der Waals surface area contributed by atoms with Crippen molar-refractivity contribution in [2.45, 2.75) is 6.18 Å². The molecule has 2 rings (SSSR count). The normalized spacial score (nSPS) is 11.6. The van der Waals surface area contributed by atoms with Crippen molar-refractivity contribution < 1.29 is 22.3 Å². The number of rotatable bonds is 2. The highest BCUT2D eigenvalue weighted by molar-refractivity contribution is 7.08. The lowest BCUT2D eigenvalue weighted by Crippen LogP contribution is -2.14. The molecule has 3 nitrogen and oxygen atoms in total. The minimum absolute atomic E-state index is 0.140. The van der Waals surface area contributed by atoms with Crippen molar-refractivity contribution in [2.24, 2.45) is 0 Å². The van der Waals surface area contributed by atoms with Gasteiger partial charge in [0.1, 0.15) is 0 Å². The van der Waals surface area contributed by atoms with E-state index in [9.17, 15) is 17.6 Å². The fourth-order valence-corrected chi connectivity index (χ4v) is 1.96.